The van der Waals surface area contributed by atoms with Crippen LogP contribution >= 0.6 is 0 Å². The predicted octanol–water partition coefficient (Wildman–Crippen LogP) is 2.91. The van der Waals surface area contributed by atoms with Crippen molar-refractivity contribution in [3.05, 3.63) is 35.4 Å². The largest absolute Gasteiger partial charge is 0.416 e. The summed E-state index contributed by atoms with van der Waals surface area (Å²) in [5.41, 5.74) is -0.453. The molecule has 0 radical (unpaired) electrons. The minimum absolute atomic E-state index is 0.272. The van der Waals surface area contributed by atoms with Gasteiger partial charge >= 0.3 is 6.18 Å². The average Bonchev–Trinajstić information content (AvgIpc) is 2.16. The van der Waals surface area contributed by atoms with Crippen LogP contribution in [-0.4, -0.2) is 11.7 Å². The van der Waals surface area contributed by atoms with Gasteiger partial charge in [0.25, 0.3) is 0 Å². The summed E-state index contributed by atoms with van der Waals surface area (Å²) in [5, 5.41) is 9.78. The van der Waals surface area contributed by atoms with E-state index in [1.807, 2.05) is 0 Å². The normalized spacial score (nSPS) is 15.9. The van der Waals surface area contributed by atoms with E-state index in [0.29, 0.717) is 5.56 Å². The minimum atomic E-state index is -4.37. The monoisotopic (exact) mass is 234 g/mol. The number of hydrogen-bond acceptors (Lipinski definition) is 2. The zero-order valence-electron chi connectivity index (χ0n) is 9.01. The van der Waals surface area contributed by atoms with E-state index in [1.165, 1.54) is 19.1 Å². The van der Waals surface area contributed by atoms with Gasteiger partial charge in [0.2, 0.25) is 0 Å². The molecule has 5 heteroatoms. The number of aliphatic hydroxyl groups is 1. The Morgan fingerprint density at radius 2 is 1.56 bits per heavy atom. The summed E-state index contributed by atoms with van der Waals surface area (Å²) in [5.74, 6) is -1.56. The average molecular weight is 234 g/mol. The molecule has 0 spiro atoms. The first-order chi connectivity index (χ1) is 7.27. The van der Waals surface area contributed by atoms with Crippen molar-refractivity contribution in [3.8, 4) is 0 Å². The maximum Gasteiger partial charge on any atom is 0.416 e. The summed E-state index contributed by atoms with van der Waals surface area (Å²) < 4.78 is 41.8. The van der Waals surface area contributed by atoms with Crippen LogP contribution in [0.3, 0.4) is 0 Å². The first kappa shape index (κ1) is 13.0. The quantitative estimate of drug-likeness (QED) is 0.815. The Morgan fingerprint density at radius 3 is 1.94 bits per heavy atom. The van der Waals surface area contributed by atoms with Crippen molar-refractivity contribution < 1.29 is 23.0 Å². The van der Waals surface area contributed by atoms with E-state index in [-0.39, 0.29) is 6.61 Å². The number of benzene rings is 1. The number of alkyl halides is 3. The SMILES string of the molecule is CCOC(C)(O)c1ccc(C(F)(F)F)cc1. The van der Waals surface area contributed by atoms with Gasteiger partial charge in [-0.3, -0.25) is 0 Å². The van der Waals surface area contributed by atoms with Crippen LogP contribution in [0.4, 0.5) is 13.2 Å². The molecule has 0 aromatic heterocycles. The Bertz CT molecular complexity index is 341. The summed E-state index contributed by atoms with van der Waals surface area (Å²) in [6, 6.07) is 4.25. The van der Waals surface area contributed by atoms with Crippen molar-refractivity contribution in [2.45, 2.75) is 25.8 Å². The molecule has 0 bridgehead atoms. The predicted molar refractivity (Wildman–Crippen MR) is 52.6 cm³/mol. The lowest BCUT2D eigenvalue weighted by molar-refractivity contribution is -0.195. The van der Waals surface area contributed by atoms with Crippen LogP contribution in [0, 0.1) is 0 Å². The van der Waals surface area contributed by atoms with E-state index in [9.17, 15) is 18.3 Å². The maximum atomic E-state index is 12.3. The Balaban J connectivity index is 2.95. The van der Waals surface area contributed by atoms with Gasteiger partial charge in [-0.15, -0.1) is 0 Å². The van der Waals surface area contributed by atoms with Crippen molar-refractivity contribution in [2.24, 2.45) is 0 Å². The second-order valence-corrected chi connectivity index (χ2v) is 3.49. The summed E-state index contributed by atoms with van der Waals surface area (Å²) in [6.45, 7) is 3.35. The van der Waals surface area contributed by atoms with Crippen molar-refractivity contribution in [3.63, 3.8) is 0 Å². The highest BCUT2D eigenvalue weighted by molar-refractivity contribution is 5.27. The highest BCUT2D eigenvalue weighted by Gasteiger charge is 2.31. The highest BCUT2D eigenvalue weighted by atomic mass is 19.4. The molecule has 0 aliphatic rings. The zero-order valence-corrected chi connectivity index (χ0v) is 9.01. The molecule has 1 unspecified atom stereocenters. The van der Waals surface area contributed by atoms with Gasteiger partial charge < -0.3 is 9.84 Å². The fraction of sp³-hybridized carbons (Fsp3) is 0.455. The fourth-order valence-corrected chi connectivity index (χ4v) is 1.33. The third-order valence-electron chi connectivity index (χ3n) is 2.17. The van der Waals surface area contributed by atoms with Crippen LogP contribution in [0.15, 0.2) is 24.3 Å². The molecule has 90 valence electrons. The molecule has 1 aromatic rings. The van der Waals surface area contributed by atoms with E-state index < -0.39 is 17.5 Å². The molecule has 0 fully saturated rings. The molecule has 0 aliphatic heterocycles. The summed E-state index contributed by atoms with van der Waals surface area (Å²) in [4.78, 5) is 0. The minimum Gasteiger partial charge on any atom is -0.362 e. The molecule has 0 saturated carbocycles. The maximum absolute atomic E-state index is 12.3. The lowest BCUT2D eigenvalue weighted by atomic mass is 10.1. The zero-order chi connectivity index (χ0) is 12.4. The lowest BCUT2D eigenvalue weighted by Gasteiger charge is -2.23. The molecule has 0 saturated heterocycles. The van der Waals surface area contributed by atoms with Crippen LogP contribution in [0.5, 0.6) is 0 Å². The fourth-order valence-electron chi connectivity index (χ4n) is 1.33. The molecule has 0 amide bonds. The summed E-state index contributed by atoms with van der Waals surface area (Å²) in [7, 11) is 0. The van der Waals surface area contributed by atoms with Crippen LogP contribution < -0.4 is 0 Å². The topological polar surface area (TPSA) is 29.5 Å². The lowest BCUT2D eigenvalue weighted by Crippen LogP contribution is -2.25. The second-order valence-electron chi connectivity index (χ2n) is 3.49. The van der Waals surface area contributed by atoms with Gasteiger partial charge in [-0.2, -0.15) is 13.2 Å². The van der Waals surface area contributed by atoms with Gasteiger partial charge in [0.05, 0.1) is 5.56 Å². The smallest absolute Gasteiger partial charge is 0.362 e. The Kier molecular flexibility index (Phi) is 3.60. The molecule has 2 nitrogen and oxygen atoms in total. The van der Waals surface area contributed by atoms with E-state index in [1.54, 1.807) is 6.92 Å². The third kappa shape index (κ3) is 2.96. The van der Waals surface area contributed by atoms with Crippen LogP contribution in [0.2, 0.25) is 0 Å². The number of halogens is 3. The first-order valence-electron chi connectivity index (χ1n) is 4.81. The van der Waals surface area contributed by atoms with Crippen molar-refractivity contribution in [1.82, 2.24) is 0 Å². The first-order valence-corrected chi connectivity index (χ1v) is 4.81. The molecule has 1 aromatic carbocycles. The Hall–Kier alpha value is -1.07. The standard InChI is InChI=1S/C11H13F3O2/c1-3-16-10(2,15)8-4-6-9(7-5-8)11(12,13)14/h4-7,15H,3H2,1-2H3. The van der Waals surface area contributed by atoms with E-state index in [0.717, 1.165) is 12.1 Å². The molecule has 0 aliphatic carbocycles. The van der Waals surface area contributed by atoms with Gasteiger partial charge in [0.15, 0.2) is 5.79 Å². The van der Waals surface area contributed by atoms with E-state index in [4.69, 9.17) is 4.74 Å². The van der Waals surface area contributed by atoms with Crippen molar-refractivity contribution in [2.75, 3.05) is 6.61 Å². The highest BCUT2D eigenvalue weighted by Crippen LogP contribution is 2.31. The van der Waals surface area contributed by atoms with Gasteiger partial charge in [-0.25, -0.2) is 0 Å². The second kappa shape index (κ2) is 4.43. The molecular weight excluding hydrogens is 221 g/mol. The van der Waals surface area contributed by atoms with Crippen LogP contribution in [-0.2, 0) is 16.7 Å². The van der Waals surface area contributed by atoms with Gasteiger partial charge in [0, 0.05) is 12.2 Å². The molecule has 16 heavy (non-hydrogen) atoms. The Morgan fingerprint density at radius 1 is 1.12 bits per heavy atom. The molecule has 1 rings (SSSR count). The number of ether oxygens (including phenoxy) is 1. The third-order valence-corrected chi connectivity index (χ3v) is 2.17. The number of rotatable bonds is 3. The van der Waals surface area contributed by atoms with Crippen molar-refractivity contribution >= 4 is 0 Å². The molecule has 0 heterocycles. The van der Waals surface area contributed by atoms with Gasteiger partial charge in [-0.05, 0) is 26.0 Å². The van der Waals surface area contributed by atoms with Gasteiger partial charge in [-0.1, -0.05) is 12.1 Å². The van der Waals surface area contributed by atoms with E-state index in [2.05, 4.69) is 0 Å². The summed E-state index contributed by atoms with van der Waals surface area (Å²) >= 11 is 0. The molecule has 1 N–H and O–H groups in total. The van der Waals surface area contributed by atoms with Gasteiger partial charge in [0.1, 0.15) is 0 Å². The van der Waals surface area contributed by atoms with Crippen molar-refractivity contribution in [1.29, 1.82) is 0 Å². The Labute approximate surface area is 91.7 Å². The molecular formula is C11H13F3O2. The van der Waals surface area contributed by atoms with Crippen LogP contribution in [0.25, 0.3) is 0 Å². The van der Waals surface area contributed by atoms with E-state index >= 15 is 0 Å². The summed E-state index contributed by atoms with van der Waals surface area (Å²) in [6.07, 6.45) is -4.37. The van der Waals surface area contributed by atoms with Crippen LogP contribution in [0.1, 0.15) is 25.0 Å². The molecule has 1 atom stereocenters. The number of hydrogen-bond donors (Lipinski definition) is 1.